The van der Waals surface area contributed by atoms with Crippen LogP contribution in [0.25, 0.3) is 0 Å². The van der Waals surface area contributed by atoms with Crippen LogP contribution in [0, 0.1) is 11.8 Å². The molecule has 0 aromatic heterocycles. The Kier molecular flexibility index (Phi) is 4.81. The molecule has 2 aliphatic rings. The Labute approximate surface area is 119 Å². The lowest BCUT2D eigenvalue weighted by molar-refractivity contribution is -0.146. The molecule has 0 radical (unpaired) electrons. The van der Waals surface area contributed by atoms with Gasteiger partial charge in [-0.1, -0.05) is 38.3 Å². The number of rotatable bonds is 7. The maximum absolute atomic E-state index is 12.3. The van der Waals surface area contributed by atoms with Crippen molar-refractivity contribution in [3.63, 3.8) is 0 Å². The van der Waals surface area contributed by atoms with E-state index in [4.69, 9.17) is 4.74 Å². The molecule has 0 unspecified atom stereocenters. The zero-order valence-corrected chi connectivity index (χ0v) is 12.0. The molecule has 2 bridgehead atoms. The number of nitrogens with one attached hydrogen (secondary N) is 1. The molecule has 0 spiro atoms. The molecule has 20 heavy (non-hydrogen) atoms. The highest BCUT2D eigenvalue weighted by molar-refractivity contribution is 5.87. The molecular formula is C15H23NO4. The minimum absolute atomic E-state index is 0.0756. The van der Waals surface area contributed by atoms with Crippen LogP contribution in [0.3, 0.4) is 0 Å². The van der Waals surface area contributed by atoms with Gasteiger partial charge in [-0.05, 0) is 13.3 Å². The summed E-state index contributed by atoms with van der Waals surface area (Å²) >= 11 is 0. The third kappa shape index (κ3) is 3.03. The van der Waals surface area contributed by atoms with E-state index in [-0.39, 0.29) is 18.1 Å². The fourth-order valence-corrected chi connectivity index (χ4v) is 3.03. The van der Waals surface area contributed by atoms with Gasteiger partial charge in [0.05, 0.1) is 18.1 Å². The number of hydrogen-bond acceptors (Lipinski definition) is 3. The zero-order chi connectivity index (χ0) is 14.7. The van der Waals surface area contributed by atoms with E-state index in [1.807, 2.05) is 6.92 Å². The Balaban J connectivity index is 1.91. The van der Waals surface area contributed by atoms with Crippen LogP contribution < -0.4 is 5.32 Å². The fraction of sp³-hybridized carbons (Fsp3) is 0.733. The largest absolute Gasteiger partial charge is 0.481 e. The van der Waals surface area contributed by atoms with Gasteiger partial charge in [-0.25, -0.2) is 0 Å². The summed E-state index contributed by atoms with van der Waals surface area (Å²) in [6, 6.07) is 0.0756. The standard InChI is InChI=1S/C15H23NO4/c1-3-4-5-6-9(2)16-14(17)12-10-7-8-11(20-10)13(12)15(18)19/h7-13H,3-6H2,1-2H3,(H,16,17)(H,18,19)/t9-,10+,11+,12-,13-/m0/s1. The number of carboxylic acids is 1. The maximum atomic E-state index is 12.3. The molecule has 2 rings (SSSR count). The van der Waals surface area contributed by atoms with Gasteiger partial charge < -0.3 is 15.2 Å². The van der Waals surface area contributed by atoms with E-state index in [0.29, 0.717) is 0 Å². The maximum Gasteiger partial charge on any atom is 0.310 e. The van der Waals surface area contributed by atoms with Gasteiger partial charge in [0, 0.05) is 6.04 Å². The van der Waals surface area contributed by atoms with Gasteiger partial charge >= 0.3 is 5.97 Å². The van der Waals surface area contributed by atoms with Gasteiger partial charge in [-0.3, -0.25) is 9.59 Å². The highest BCUT2D eigenvalue weighted by Crippen LogP contribution is 2.39. The molecule has 1 fully saturated rings. The summed E-state index contributed by atoms with van der Waals surface area (Å²) in [5, 5.41) is 12.2. The number of fused-ring (bicyclic) bond motifs is 2. The minimum atomic E-state index is -0.958. The zero-order valence-electron chi connectivity index (χ0n) is 12.0. The van der Waals surface area contributed by atoms with Crippen LogP contribution in [0.4, 0.5) is 0 Å². The molecule has 2 heterocycles. The summed E-state index contributed by atoms with van der Waals surface area (Å²) < 4.78 is 5.51. The van der Waals surface area contributed by atoms with E-state index in [0.717, 1.165) is 25.7 Å². The lowest BCUT2D eigenvalue weighted by Crippen LogP contribution is -2.45. The molecule has 0 saturated carbocycles. The highest BCUT2D eigenvalue weighted by Gasteiger charge is 2.53. The molecule has 1 saturated heterocycles. The Hall–Kier alpha value is -1.36. The molecule has 5 nitrogen and oxygen atoms in total. The van der Waals surface area contributed by atoms with Crippen molar-refractivity contribution in [1.29, 1.82) is 0 Å². The summed E-state index contributed by atoms with van der Waals surface area (Å²) in [6.07, 6.45) is 7.01. The quantitative estimate of drug-likeness (QED) is 0.550. The van der Waals surface area contributed by atoms with Crippen LogP contribution in [-0.4, -0.2) is 35.2 Å². The van der Waals surface area contributed by atoms with Crippen LogP contribution in [0.5, 0.6) is 0 Å². The average molecular weight is 281 g/mol. The molecule has 5 atom stereocenters. The summed E-state index contributed by atoms with van der Waals surface area (Å²) in [6.45, 7) is 4.10. The molecule has 0 aliphatic carbocycles. The fourth-order valence-electron chi connectivity index (χ4n) is 3.03. The van der Waals surface area contributed by atoms with Gasteiger partial charge in [0.15, 0.2) is 0 Å². The Morgan fingerprint density at radius 1 is 1.25 bits per heavy atom. The number of carbonyl (C=O) groups excluding carboxylic acids is 1. The predicted octanol–water partition coefficient (Wildman–Crippen LogP) is 1.73. The van der Waals surface area contributed by atoms with Crippen molar-refractivity contribution in [3.8, 4) is 0 Å². The molecule has 112 valence electrons. The topological polar surface area (TPSA) is 75.6 Å². The Morgan fingerprint density at radius 2 is 1.90 bits per heavy atom. The number of hydrogen-bond donors (Lipinski definition) is 2. The van der Waals surface area contributed by atoms with Crippen LogP contribution in [0.15, 0.2) is 12.2 Å². The normalized spacial score (nSPS) is 32.3. The van der Waals surface area contributed by atoms with E-state index >= 15 is 0 Å². The molecule has 0 aromatic rings. The third-order valence-corrected chi connectivity index (χ3v) is 4.12. The van der Waals surface area contributed by atoms with Crippen molar-refractivity contribution in [2.75, 3.05) is 0 Å². The monoisotopic (exact) mass is 281 g/mol. The number of carboxylic acid groups (broad SMARTS) is 1. The molecule has 1 amide bonds. The first-order valence-corrected chi connectivity index (χ1v) is 7.41. The lowest BCUT2D eigenvalue weighted by atomic mass is 9.82. The summed E-state index contributed by atoms with van der Waals surface area (Å²) in [5.74, 6) is -2.51. The van der Waals surface area contributed by atoms with E-state index in [9.17, 15) is 14.7 Å². The number of carbonyl (C=O) groups is 2. The second-order valence-electron chi connectivity index (χ2n) is 5.75. The van der Waals surface area contributed by atoms with Crippen molar-refractivity contribution in [2.24, 2.45) is 11.8 Å². The summed E-state index contributed by atoms with van der Waals surface area (Å²) in [4.78, 5) is 23.6. The van der Waals surface area contributed by atoms with E-state index in [1.165, 1.54) is 0 Å². The second-order valence-corrected chi connectivity index (χ2v) is 5.75. The number of amides is 1. The first-order chi connectivity index (χ1) is 9.54. The molecule has 2 N–H and O–H groups in total. The summed E-state index contributed by atoms with van der Waals surface area (Å²) in [5.41, 5.74) is 0. The van der Waals surface area contributed by atoms with E-state index < -0.39 is 23.9 Å². The Morgan fingerprint density at radius 3 is 2.50 bits per heavy atom. The minimum Gasteiger partial charge on any atom is -0.481 e. The number of ether oxygens (including phenoxy) is 1. The Bertz CT molecular complexity index is 407. The molecular weight excluding hydrogens is 258 g/mol. The third-order valence-electron chi connectivity index (χ3n) is 4.12. The van der Waals surface area contributed by atoms with E-state index in [1.54, 1.807) is 12.2 Å². The van der Waals surface area contributed by atoms with Crippen molar-refractivity contribution in [2.45, 2.75) is 57.8 Å². The average Bonchev–Trinajstić information content (AvgIpc) is 2.98. The predicted molar refractivity (Wildman–Crippen MR) is 74.2 cm³/mol. The van der Waals surface area contributed by atoms with Gasteiger partial charge in [0.1, 0.15) is 5.92 Å². The van der Waals surface area contributed by atoms with Gasteiger partial charge in [0.25, 0.3) is 0 Å². The van der Waals surface area contributed by atoms with Gasteiger partial charge in [0.2, 0.25) is 5.91 Å². The van der Waals surface area contributed by atoms with Crippen molar-refractivity contribution in [3.05, 3.63) is 12.2 Å². The number of unbranched alkanes of at least 4 members (excludes halogenated alkanes) is 2. The highest BCUT2D eigenvalue weighted by atomic mass is 16.5. The van der Waals surface area contributed by atoms with E-state index in [2.05, 4.69) is 12.2 Å². The smallest absolute Gasteiger partial charge is 0.310 e. The van der Waals surface area contributed by atoms with Crippen molar-refractivity contribution in [1.82, 2.24) is 5.32 Å². The number of aliphatic carboxylic acids is 1. The van der Waals surface area contributed by atoms with Crippen molar-refractivity contribution < 1.29 is 19.4 Å². The van der Waals surface area contributed by atoms with Crippen LogP contribution >= 0.6 is 0 Å². The SMILES string of the molecule is CCCCC[C@H](C)NC(=O)[C@@H]1[C@@H](C(=O)O)[C@H]2C=C[C@H]1O2. The lowest BCUT2D eigenvalue weighted by Gasteiger charge is -2.23. The molecule has 5 heteroatoms. The van der Waals surface area contributed by atoms with Crippen LogP contribution in [0.1, 0.15) is 39.5 Å². The second kappa shape index (κ2) is 6.39. The molecule has 0 aromatic carbocycles. The summed E-state index contributed by atoms with van der Waals surface area (Å²) in [7, 11) is 0. The first-order valence-electron chi connectivity index (χ1n) is 7.41. The first kappa shape index (κ1) is 15.0. The molecule has 2 aliphatic heterocycles. The van der Waals surface area contributed by atoms with Crippen LogP contribution in [-0.2, 0) is 14.3 Å². The van der Waals surface area contributed by atoms with Gasteiger partial charge in [-0.2, -0.15) is 0 Å². The van der Waals surface area contributed by atoms with Crippen LogP contribution in [0.2, 0.25) is 0 Å². The van der Waals surface area contributed by atoms with Gasteiger partial charge in [-0.15, -0.1) is 0 Å². The van der Waals surface area contributed by atoms with Crippen molar-refractivity contribution >= 4 is 11.9 Å².